The lowest BCUT2D eigenvalue weighted by Gasteiger charge is -2.03. The summed E-state index contributed by atoms with van der Waals surface area (Å²) < 4.78 is 4.92. The number of carbonyl (C=O) groups excluding carboxylic acids is 1. The number of carbonyl (C=O) groups is 1. The quantitative estimate of drug-likeness (QED) is 0.457. The Morgan fingerprint density at radius 2 is 1.93 bits per heavy atom. The van der Waals surface area contributed by atoms with Gasteiger partial charge in [-0.3, -0.25) is 4.79 Å². The molecule has 0 aliphatic carbocycles. The number of benzene rings is 1. The van der Waals surface area contributed by atoms with E-state index in [2.05, 4.69) is 0 Å². The number of aliphatic hydroxyl groups is 1. The second-order valence-corrected chi connectivity index (χ2v) is 3.42. The molecule has 0 aliphatic rings. The fourth-order valence-corrected chi connectivity index (χ4v) is 1.33. The van der Waals surface area contributed by atoms with Crippen molar-refractivity contribution in [3.8, 4) is 5.75 Å². The van der Waals surface area contributed by atoms with Gasteiger partial charge < -0.3 is 9.84 Å². The van der Waals surface area contributed by atoms with E-state index in [0.29, 0.717) is 5.75 Å². The van der Waals surface area contributed by atoms with Crippen LogP contribution in [0.1, 0.15) is 25.3 Å². The zero-order chi connectivity index (χ0) is 11.1. The van der Waals surface area contributed by atoms with E-state index in [1.54, 1.807) is 12.1 Å². The van der Waals surface area contributed by atoms with Crippen molar-refractivity contribution in [2.75, 3.05) is 6.61 Å². The molecule has 0 radical (unpaired) electrons. The zero-order valence-corrected chi connectivity index (χ0v) is 8.90. The fraction of sp³-hybridized carbons (Fsp3) is 0.417. The lowest BCUT2D eigenvalue weighted by molar-refractivity contribution is -0.131. The Morgan fingerprint density at radius 3 is 2.47 bits per heavy atom. The van der Waals surface area contributed by atoms with Crippen molar-refractivity contribution in [3.05, 3.63) is 29.8 Å². The van der Waals surface area contributed by atoms with E-state index in [-0.39, 0.29) is 12.6 Å². The van der Waals surface area contributed by atoms with Crippen LogP contribution in [-0.2, 0) is 11.2 Å². The SMILES string of the molecule is CC(=O)Oc1ccc(CCCCO)cc1. The molecule has 3 nitrogen and oxygen atoms in total. The van der Waals surface area contributed by atoms with E-state index >= 15 is 0 Å². The van der Waals surface area contributed by atoms with E-state index in [9.17, 15) is 4.79 Å². The summed E-state index contributed by atoms with van der Waals surface area (Å²) in [5.74, 6) is 0.274. The van der Waals surface area contributed by atoms with Gasteiger partial charge >= 0.3 is 5.97 Å². The molecule has 0 fully saturated rings. The maximum absolute atomic E-state index is 10.7. The second-order valence-electron chi connectivity index (χ2n) is 3.42. The molecule has 0 saturated heterocycles. The summed E-state index contributed by atoms with van der Waals surface area (Å²) in [6.45, 7) is 1.63. The van der Waals surface area contributed by atoms with Gasteiger partial charge in [-0.05, 0) is 37.0 Å². The number of aliphatic hydroxyl groups excluding tert-OH is 1. The Labute approximate surface area is 89.7 Å². The Bertz CT molecular complexity index is 303. The summed E-state index contributed by atoms with van der Waals surface area (Å²) in [5.41, 5.74) is 1.19. The van der Waals surface area contributed by atoms with Gasteiger partial charge in [0.05, 0.1) is 0 Å². The van der Waals surface area contributed by atoms with E-state index in [1.807, 2.05) is 12.1 Å². The maximum atomic E-state index is 10.7. The number of esters is 1. The highest BCUT2D eigenvalue weighted by Gasteiger charge is 1.98. The van der Waals surface area contributed by atoms with Gasteiger partial charge in [0.1, 0.15) is 5.75 Å². The number of rotatable bonds is 5. The Morgan fingerprint density at radius 1 is 1.27 bits per heavy atom. The Hall–Kier alpha value is -1.35. The van der Waals surface area contributed by atoms with Crippen LogP contribution in [0.25, 0.3) is 0 Å². The Kier molecular flexibility index (Phi) is 4.84. The largest absolute Gasteiger partial charge is 0.427 e. The molecule has 1 N–H and O–H groups in total. The first-order valence-corrected chi connectivity index (χ1v) is 5.10. The highest BCUT2D eigenvalue weighted by molar-refractivity contribution is 5.69. The topological polar surface area (TPSA) is 46.5 Å². The molecule has 1 aromatic carbocycles. The van der Waals surface area contributed by atoms with Crippen LogP contribution in [0, 0.1) is 0 Å². The number of hydrogen-bond donors (Lipinski definition) is 1. The monoisotopic (exact) mass is 208 g/mol. The predicted octanol–water partition coefficient (Wildman–Crippen LogP) is 1.93. The predicted molar refractivity (Wildman–Crippen MR) is 57.8 cm³/mol. The highest BCUT2D eigenvalue weighted by atomic mass is 16.5. The van der Waals surface area contributed by atoms with E-state index < -0.39 is 0 Å². The molecule has 1 rings (SSSR count). The summed E-state index contributed by atoms with van der Waals surface area (Å²) >= 11 is 0. The minimum absolute atomic E-state index is 0.242. The van der Waals surface area contributed by atoms with Crippen LogP contribution in [-0.4, -0.2) is 17.7 Å². The van der Waals surface area contributed by atoms with Crippen LogP contribution < -0.4 is 4.74 Å². The standard InChI is InChI=1S/C12H16O3/c1-10(14)15-12-7-5-11(6-8-12)4-2-3-9-13/h5-8,13H,2-4,9H2,1H3. The fourth-order valence-electron chi connectivity index (χ4n) is 1.33. The first kappa shape index (κ1) is 11.7. The van der Waals surface area contributed by atoms with Crippen molar-refractivity contribution in [1.29, 1.82) is 0 Å². The zero-order valence-electron chi connectivity index (χ0n) is 8.90. The molecular formula is C12H16O3. The Balaban J connectivity index is 2.45. The van der Waals surface area contributed by atoms with Crippen molar-refractivity contribution < 1.29 is 14.6 Å². The smallest absolute Gasteiger partial charge is 0.308 e. The summed E-state index contributed by atoms with van der Waals surface area (Å²) in [6, 6.07) is 7.46. The van der Waals surface area contributed by atoms with Gasteiger partial charge in [0, 0.05) is 13.5 Å². The number of aryl methyl sites for hydroxylation is 1. The molecule has 0 spiro atoms. The molecule has 0 aromatic heterocycles. The number of unbranched alkanes of at least 4 members (excludes halogenated alkanes) is 1. The molecular weight excluding hydrogens is 192 g/mol. The van der Waals surface area contributed by atoms with Crippen LogP contribution in [0.3, 0.4) is 0 Å². The van der Waals surface area contributed by atoms with Crippen molar-refractivity contribution >= 4 is 5.97 Å². The first-order chi connectivity index (χ1) is 7.22. The van der Waals surface area contributed by atoms with E-state index in [0.717, 1.165) is 19.3 Å². The first-order valence-electron chi connectivity index (χ1n) is 5.10. The molecule has 3 heteroatoms. The third kappa shape index (κ3) is 4.61. The van der Waals surface area contributed by atoms with Crippen LogP contribution >= 0.6 is 0 Å². The van der Waals surface area contributed by atoms with Gasteiger partial charge in [-0.1, -0.05) is 12.1 Å². The lowest BCUT2D eigenvalue weighted by atomic mass is 10.1. The molecule has 1 aromatic rings. The van der Waals surface area contributed by atoms with Crippen LogP contribution in [0.4, 0.5) is 0 Å². The van der Waals surface area contributed by atoms with E-state index in [1.165, 1.54) is 12.5 Å². The molecule has 15 heavy (non-hydrogen) atoms. The normalized spacial score (nSPS) is 10.0. The molecule has 82 valence electrons. The minimum atomic E-state index is -0.303. The minimum Gasteiger partial charge on any atom is -0.427 e. The molecule has 0 atom stereocenters. The van der Waals surface area contributed by atoms with Crippen LogP contribution in [0.15, 0.2) is 24.3 Å². The average Bonchev–Trinajstić information content (AvgIpc) is 2.20. The van der Waals surface area contributed by atoms with Crippen molar-refractivity contribution in [1.82, 2.24) is 0 Å². The maximum Gasteiger partial charge on any atom is 0.308 e. The molecule has 0 aliphatic heterocycles. The molecule has 0 bridgehead atoms. The summed E-state index contributed by atoms with van der Waals surface area (Å²) in [4.78, 5) is 10.7. The third-order valence-electron chi connectivity index (χ3n) is 2.06. The van der Waals surface area contributed by atoms with Gasteiger partial charge in [-0.25, -0.2) is 0 Å². The highest BCUT2D eigenvalue weighted by Crippen LogP contribution is 2.13. The van der Waals surface area contributed by atoms with Crippen molar-refractivity contribution in [2.24, 2.45) is 0 Å². The second kappa shape index (κ2) is 6.19. The van der Waals surface area contributed by atoms with Crippen molar-refractivity contribution in [3.63, 3.8) is 0 Å². The summed E-state index contributed by atoms with van der Waals surface area (Å²) in [6.07, 6.45) is 2.75. The average molecular weight is 208 g/mol. The lowest BCUT2D eigenvalue weighted by Crippen LogP contribution is -2.01. The van der Waals surface area contributed by atoms with Gasteiger partial charge in [-0.2, -0.15) is 0 Å². The number of hydrogen-bond acceptors (Lipinski definition) is 3. The molecule has 0 amide bonds. The van der Waals surface area contributed by atoms with Crippen LogP contribution in [0.2, 0.25) is 0 Å². The van der Waals surface area contributed by atoms with Gasteiger partial charge in [0.15, 0.2) is 0 Å². The number of ether oxygens (including phenoxy) is 1. The molecule has 0 heterocycles. The van der Waals surface area contributed by atoms with Gasteiger partial charge in [0.25, 0.3) is 0 Å². The van der Waals surface area contributed by atoms with Crippen molar-refractivity contribution in [2.45, 2.75) is 26.2 Å². The van der Waals surface area contributed by atoms with Gasteiger partial charge in [-0.15, -0.1) is 0 Å². The summed E-state index contributed by atoms with van der Waals surface area (Å²) in [7, 11) is 0. The van der Waals surface area contributed by atoms with Gasteiger partial charge in [0.2, 0.25) is 0 Å². The third-order valence-corrected chi connectivity index (χ3v) is 2.06. The molecule has 0 saturated carbocycles. The molecule has 0 unspecified atom stereocenters. The van der Waals surface area contributed by atoms with E-state index in [4.69, 9.17) is 9.84 Å². The summed E-state index contributed by atoms with van der Waals surface area (Å²) in [5, 5.41) is 8.63. The van der Waals surface area contributed by atoms with Crippen LogP contribution in [0.5, 0.6) is 5.75 Å².